The quantitative estimate of drug-likeness (QED) is 0.336. The van der Waals surface area contributed by atoms with E-state index in [1.807, 2.05) is 6.07 Å². The molecule has 1 amide bonds. The minimum Gasteiger partial charge on any atom is -0.618 e. The number of aromatic nitrogens is 2. The molecule has 2 aromatic carbocycles. The van der Waals surface area contributed by atoms with Crippen molar-refractivity contribution in [3.63, 3.8) is 0 Å². The van der Waals surface area contributed by atoms with Crippen molar-refractivity contribution >= 4 is 33.6 Å². The Morgan fingerprint density at radius 1 is 1.27 bits per heavy atom. The van der Waals surface area contributed by atoms with Gasteiger partial charge in [-0.05, 0) is 30.3 Å². The first-order valence-electron chi connectivity index (χ1n) is 8.08. The lowest BCUT2D eigenvalue weighted by Crippen LogP contribution is -2.36. The van der Waals surface area contributed by atoms with Gasteiger partial charge in [0.15, 0.2) is 5.69 Å². The molecule has 130 valence electrons. The van der Waals surface area contributed by atoms with E-state index in [0.29, 0.717) is 28.1 Å². The smallest absolute Gasteiger partial charge is 0.276 e. The van der Waals surface area contributed by atoms with E-state index in [4.69, 9.17) is 10.2 Å². The van der Waals surface area contributed by atoms with Gasteiger partial charge in [-0.15, -0.1) is 0 Å². The highest BCUT2D eigenvalue weighted by Crippen LogP contribution is 2.21. The van der Waals surface area contributed by atoms with Gasteiger partial charge in [-0.1, -0.05) is 12.1 Å². The third-order valence-electron chi connectivity index (χ3n) is 4.21. The average Bonchev–Trinajstić information content (AvgIpc) is 3.04. The summed E-state index contributed by atoms with van der Waals surface area (Å²) in [6.07, 6.45) is 0. The van der Waals surface area contributed by atoms with E-state index in [9.17, 15) is 10.0 Å². The first kappa shape index (κ1) is 15.9. The molecular formula is C19H16N4O3. The summed E-state index contributed by atoms with van der Waals surface area (Å²) in [5.74, 6) is 0.158. The summed E-state index contributed by atoms with van der Waals surface area (Å²) in [7, 11) is 0. The van der Waals surface area contributed by atoms with Crippen molar-refractivity contribution in [1.29, 1.82) is 0 Å². The van der Waals surface area contributed by atoms with Gasteiger partial charge >= 0.3 is 0 Å². The number of anilines is 1. The second-order valence-corrected chi connectivity index (χ2v) is 6.02. The zero-order chi connectivity index (χ0) is 18.3. The molecule has 0 spiro atoms. The number of nitrogens with one attached hydrogen (secondary N) is 1. The van der Waals surface area contributed by atoms with E-state index in [2.05, 4.69) is 10.3 Å². The standard InChI is InChI=1S/C19H16N4O3/c1-11-18(22-15-4-2-3-5-16(15)23(11)25)19(24)21-10-14-9-12-8-13(20)6-7-17(12)26-14/h2-9H,10,20H2,1H3,(H,21,24). The molecule has 2 heterocycles. The summed E-state index contributed by atoms with van der Waals surface area (Å²) in [5, 5.41) is 16.0. The van der Waals surface area contributed by atoms with Crippen molar-refractivity contribution in [2.75, 3.05) is 5.73 Å². The van der Waals surface area contributed by atoms with Gasteiger partial charge in [-0.25, -0.2) is 4.98 Å². The highest BCUT2D eigenvalue weighted by atomic mass is 16.5. The van der Waals surface area contributed by atoms with Crippen molar-refractivity contribution in [2.45, 2.75) is 13.5 Å². The molecule has 0 aliphatic rings. The van der Waals surface area contributed by atoms with E-state index < -0.39 is 5.91 Å². The lowest BCUT2D eigenvalue weighted by molar-refractivity contribution is -0.584. The van der Waals surface area contributed by atoms with Crippen LogP contribution in [0, 0.1) is 12.1 Å². The molecule has 0 bridgehead atoms. The Morgan fingerprint density at radius 3 is 2.92 bits per heavy atom. The van der Waals surface area contributed by atoms with Crippen LogP contribution < -0.4 is 15.8 Å². The Labute approximate surface area is 148 Å². The number of hydrogen-bond acceptors (Lipinski definition) is 5. The second kappa shape index (κ2) is 6.03. The number of nitrogens with zero attached hydrogens (tertiary/aromatic N) is 2. The lowest BCUT2D eigenvalue weighted by atomic mass is 10.2. The van der Waals surface area contributed by atoms with Gasteiger partial charge in [0.2, 0.25) is 11.2 Å². The van der Waals surface area contributed by atoms with Crippen LogP contribution in [0.1, 0.15) is 21.9 Å². The third kappa shape index (κ3) is 2.69. The Hall–Kier alpha value is -3.61. The fourth-order valence-electron chi connectivity index (χ4n) is 2.88. The number of benzene rings is 2. The predicted molar refractivity (Wildman–Crippen MR) is 97.2 cm³/mol. The lowest BCUT2D eigenvalue weighted by Gasteiger charge is -2.09. The molecule has 4 rings (SSSR count). The Morgan fingerprint density at radius 2 is 2.08 bits per heavy atom. The van der Waals surface area contributed by atoms with E-state index in [1.165, 1.54) is 0 Å². The SMILES string of the molecule is Cc1c(C(=O)NCc2cc3cc(N)ccc3o2)nc2ccccc2[n+]1[O-]. The van der Waals surface area contributed by atoms with Gasteiger partial charge in [-0.2, -0.15) is 4.73 Å². The Bertz CT molecular complexity index is 1150. The number of hydrogen-bond donors (Lipinski definition) is 2. The normalized spacial score (nSPS) is 11.1. The van der Waals surface area contributed by atoms with Crippen LogP contribution in [0.5, 0.6) is 0 Å². The van der Waals surface area contributed by atoms with Gasteiger partial charge in [0.05, 0.1) is 6.54 Å². The van der Waals surface area contributed by atoms with Crippen LogP contribution in [-0.2, 0) is 6.54 Å². The number of nitrogens with two attached hydrogens (primary N) is 1. The second-order valence-electron chi connectivity index (χ2n) is 6.02. The Balaban J connectivity index is 1.59. The zero-order valence-electron chi connectivity index (χ0n) is 14.0. The maximum atomic E-state index is 12.5. The van der Waals surface area contributed by atoms with Gasteiger partial charge in [0.1, 0.15) is 16.9 Å². The van der Waals surface area contributed by atoms with Gasteiger partial charge in [0.25, 0.3) is 5.91 Å². The number of carbonyl (C=O) groups excluding carboxylic acids is 1. The number of furan rings is 1. The molecule has 2 aromatic heterocycles. The van der Waals surface area contributed by atoms with Crippen molar-refractivity contribution in [3.8, 4) is 0 Å². The Kier molecular flexibility index (Phi) is 3.69. The largest absolute Gasteiger partial charge is 0.618 e. The van der Waals surface area contributed by atoms with Crippen LogP contribution in [0.2, 0.25) is 0 Å². The maximum Gasteiger partial charge on any atom is 0.276 e. The van der Waals surface area contributed by atoms with Gasteiger partial charge in [0, 0.05) is 24.1 Å². The monoisotopic (exact) mass is 348 g/mol. The number of fused-ring (bicyclic) bond motifs is 2. The summed E-state index contributed by atoms with van der Waals surface area (Å²) in [6.45, 7) is 1.76. The fourth-order valence-corrected chi connectivity index (χ4v) is 2.88. The van der Waals surface area contributed by atoms with Crippen LogP contribution >= 0.6 is 0 Å². The van der Waals surface area contributed by atoms with E-state index in [0.717, 1.165) is 10.1 Å². The molecule has 0 aliphatic carbocycles. The minimum atomic E-state index is -0.433. The molecule has 7 nitrogen and oxygen atoms in total. The predicted octanol–water partition coefficient (Wildman–Crippen LogP) is 2.44. The molecular weight excluding hydrogens is 332 g/mol. The number of para-hydroxylation sites is 2. The van der Waals surface area contributed by atoms with Crippen LogP contribution in [-0.4, -0.2) is 10.9 Å². The molecule has 3 N–H and O–H groups in total. The van der Waals surface area contributed by atoms with Crippen LogP contribution in [0.15, 0.2) is 52.9 Å². The molecule has 0 atom stereocenters. The average molecular weight is 348 g/mol. The van der Waals surface area contributed by atoms with Gasteiger partial charge < -0.3 is 20.7 Å². The zero-order valence-corrected chi connectivity index (χ0v) is 14.0. The van der Waals surface area contributed by atoms with Crippen molar-refractivity contribution < 1.29 is 13.9 Å². The fraction of sp³-hybridized carbons (Fsp3) is 0.105. The molecule has 0 fully saturated rings. The third-order valence-corrected chi connectivity index (χ3v) is 4.21. The van der Waals surface area contributed by atoms with E-state index in [-0.39, 0.29) is 17.9 Å². The molecule has 0 saturated carbocycles. The molecule has 0 saturated heterocycles. The summed E-state index contributed by atoms with van der Waals surface area (Å²) in [6, 6.07) is 14.1. The highest BCUT2D eigenvalue weighted by molar-refractivity contribution is 5.94. The molecule has 0 aliphatic heterocycles. The van der Waals surface area contributed by atoms with Crippen molar-refractivity contribution in [1.82, 2.24) is 10.3 Å². The van der Waals surface area contributed by atoms with E-state index >= 15 is 0 Å². The first-order chi connectivity index (χ1) is 12.5. The van der Waals surface area contributed by atoms with Crippen LogP contribution in [0.4, 0.5) is 5.69 Å². The maximum absolute atomic E-state index is 12.5. The summed E-state index contributed by atoms with van der Waals surface area (Å²) < 4.78 is 6.40. The number of carbonyl (C=O) groups is 1. The first-order valence-corrected chi connectivity index (χ1v) is 8.08. The molecule has 0 unspecified atom stereocenters. The summed E-state index contributed by atoms with van der Waals surface area (Å²) in [5.41, 5.74) is 8.34. The van der Waals surface area contributed by atoms with Crippen LogP contribution in [0.3, 0.4) is 0 Å². The molecule has 26 heavy (non-hydrogen) atoms. The van der Waals surface area contributed by atoms with Crippen molar-refractivity contribution in [3.05, 3.63) is 70.9 Å². The summed E-state index contributed by atoms with van der Waals surface area (Å²) in [4.78, 5) is 16.8. The van der Waals surface area contributed by atoms with Gasteiger partial charge in [-0.3, -0.25) is 4.79 Å². The number of amides is 1. The summed E-state index contributed by atoms with van der Waals surface area (Å²) >= 11 is 0. The molecule has 0 radical (unpaired) electrons. The number of nitrogen functional groups attached to an aromatic ring is 1. The molecule has 4 aromatic rings. The van der Waals surface area contributed by atoms with Crippen molar-refractivity contribution in [2.24, 2.45) is 0 Å². The van der Waals surface area contributed by atoms with Crippen LogP contribution in [0.25, 0.3) is 22.0 Å². The molecule has 7 heteroatoms. The minimum absolute atomic E-state index is 0.0963. The highest BCUT2D eigenvalue weighted by Gasteiger charge is 2.21. The van der Waals surface area contributed by atoms with E-state index in [1.54, 1.807) is 49.4 Å². The topological polar surface area (TPSA) is 108 Å². The number of rotatable bonds is 3.